The van der Waals surface area contributed by atoms with Gasteiger partial charge in [-0.3, -0.25) is 39.6 Å². The summed E-state index contributed by atoms with van der Waals surface area (Å²) in [4.78, 5) is 79.7. The summed E-state index contributed by atoms with van der Waals surface area (Å²) in [5, 5.41) is 25.9. The highest BCUT2D eigenvalue weighted by Crippen LogP contribution is 2.37. The number of nitrogens with two attached hydrogens (primary N) is 2. The maximum Gasteiger partial charge on any atom is 0.335 e. The number of nitro benzene ring substituents is 2. The zero-order valence-electron chi connectivity index (χ0n) is 29.5. The third-order valence-corrected chi connectivity index (χ3v) is 7.14. The van der Waals surface area contributed by atoms with Crippen LogP contribution >= 0.6 is 0 Å². The van der Waals surface area contributed by atoms with Gasteiger partial charge in [-0.15, -0.1) is 0 Å². The topological polar surface area (TPSA) is 269 Å². The van der Waals surface area contributed by atoms with Crippen molar-refractivity contribution in [2.24, 2.45) is 0 Å². The number of nitro groups is 2. The van der Waals surface area contributed by atoms with E-state index in [9.17, 15) is 39.4 Å². The first-order valence-corrected chi connectivity index (χ1v) is 15.9. The van der Waals surface area contributed by atoms with Crippen LogP contribution < -0.4 is 27.2 Å². The number of hydrogen-bond donors (Lipinski definition) is 4. The second-order valence-corrected chi connectivity index (χ2v) is 13.6. The van der Waals surface area contributed by atoms with E-state index >= 15 is 4.39 Å². The van der Waals surface area contributed by atoms with Gasteiger partial charge >= 0.3 is 23.3 Å². The number of hydrogen-bond acceptors (Lipinski definition) is 14. The number of ether oxygens (including phenoxy) is 2. The van der Waals surface area contributed by atoms with Crippen LogP contribution in [0.5, 0.6) is 0 Å². The van der Waals surface area contributed by atoms with Crippen LogP contribution in [0.25, 0.3) is 0 Å². The molecule has 2 aromatic carbocycles. The zero-order valence-corrected chi connectivity index (χ0v) is 29.5. The molecule has 0 fully saturated rings. The lowest BCUT2D eigenvalue weighted by Gasteiger charge is -2.25. The Labute approximate surface area is 297 Å². The normalized spacial score (nSPS) is 12.1. The molecule has 1 amide bonds. The van der Waals surface area contributed by atoms with Gasteiger partial charge in [-0.2, -0.15) is 9.37 Å². The first-order chi connectivity index (χ1) is 24.1. The molecule has 0 saturated heterocycles. The Morgan fingerprint density at radius 3 is 2.13 bits per heavy atom. The second-order valence-electron chi connectivity index (χ2n) is 13.6. The molecule has 19 heteroatoms. The number of halogens is 1. The van der Waals surface area contributed by atoms with Crippen molar-refractivity contribution >= 4 is 46.7 Å². The number of carbonyl (C=O) groups is 3. The number of aromatic nitrogens is 2. The van der Waals surface area contributed by atoms with Crippen LogP contribution in [0.1, 0.15) is 75.9 Å². The van der Waals surface area contributed by atoms with Crippen molar-refractivity contribution in [3.05, 3.63) is 89.5 Å². The highest BCUT2D eigenvalue weighted by Gasteiger charge is 2.33. The van der Waals surface area contributed by atoms with Gasteiger partial charge in [-0.1, -0.05) is 12.1 Å². The maximum absolute atomic E-state index is 15.1. The molecule has 280 valence electrons. The van der Waals surface area contributed by atoms with E-state index in [2.05, 4.69) is 15.3 Å². The number of nitrogens with zero attached hydrogens (tertiary/aromatic N) is 4. The van der Waals surface area contributed by atoms with Crippen molar-refractivity contribution in [2.45, 2.75) is 84.6 Å². The Morgan fingerprint density at radius 2 is 1.60 bits per heavy atom. The number of H-pyrrole nitrogens is 1. The Bertz CT molecular complexity index is 1900. The average Bonchev–Trinajstić information content (AvgIpc) is 2.99. The van der Waals surface area contributed by atoms with Crippen LogP contribution in [0.2, 0.25) is 0 Å². The summed E-state index contributed by atoms with van der Waals surface area (Å²) >= 11 is 0. The lowest BCUT2D eigenvalue weighted by atomic mass is 10.1. The van der Waals surface area contributed by atoms with Crippen molar-refractivity contribution in [1.82, 2.24) is 15.3 Å². The van der Waals surface area contributed by atoms with Crippen LogP contribution in [-0.4, -0.2) is 61.4 Å². The molecule has 1 heterocycles. The van der Waals surface area contributed by atoms with Gasteiger partial charge in [0.1, 0.15) is 28.7 Å². The maximum atomic E-state index is 15.1. The predicted molar refractivity (Wildman–Crippen MR) is 187 cm³/mol. The van der Waals surface area contributed by atoms with Gasteiger partial charge in [0.25, 0.3) is 17.3 Å². The van der Waals surface area contributed by atoms with E-state index in [1.807, 2.05) is 0 Å². The van der Waals surface area contributed by atoms with Gasteiger partial charge in [0.15, 0.2) is 0 Å². The summed E-state index contributed by atoms with van der Waals surface area (Å²) in [6.45, 7) is 9.68. The molecule has 0 aliphatic heterocycles. The number of aromatic amines is 1. The monoisotopic (exact) mass is 728 g/mol. The molecule has 3 rings (SSSR count). The first-order valence-electron chi connectivity index (χ1n) is 15.9. The fourth-order valence-corrected chi connectivity index (χ4v) is 4.92. The molecule has 6 N–H and O–H groups in total. The molecule has 1 atom stereocenters. The van der Waals surface area contributed by atoms with Crippen molar-refractivity contribution in [1.29, 1.82) is 0 Å². The van der Waals surface area contributed by atoms with Gasteiger partial charge in [0.05, 0.1) is 15.4 Å². The van der Waals surface area contributed by atoms with Gasteiger partial charge in [0, 0.05) is 31.1 Å². The summed E-state index contributed by atoms with van der Waals surface area (Å²) in [5.41, 5.74) is 7.03. The lowest BCUT2D eigenvalue weighted by Crippen LogP contribution is -2.44. The molecule has 0 spiro atoms. The number of esters is 2. The van der Waals surface area contributed by atoms with E-state index in [0.29, 0.717) is 5.56 Å². The molecule has 0 aliphatic rings. The van der Waals surface area contributed by atoms with Crippen molar-refractivity contribution in [3.8, 4) is 0 Å². The van der Waals surface area contributed by atoms with Crippen LogP contribution in [-0.2, 0) is 32.0 Å². The highest BCUT2D eigenvalue weighted by atomic mass is 19.1. The quantitative estimate of drug-likeness (QED) is 0.105. The minimum Gasteiger partial charge on any atom is -0.460 e. The van der Waals surface area contributed by atoms with Crippen molar-refractivity contribution in [3.63, 3.8) is 0 Å². The number of nitrogen functional groups attached to an aromatic ring is 2. The fourth-order valence-electron chi connectivity index (χ4n) is 4.92. The lowest BCUT2D eigenvalue weighted by molar-refractivity contribution is -0.398. The van der Waals surface area contributed by atoms with E-state index in [4.69, 9.17) is 20.9 Å². The second kappa shape index (κ2) is 16.3. The Kier molecular flexibility index (Phi) is 12.6. The molecular formula is C33H41FN8O10. The van der Waals surface area contributed by atoms with Gasteiger partial charge < -0.3 is 31.2 Å². The molecule has 3 aromatic rings. The van der Waals surface area contributed by atoms with Crippen LogP contribution in [0.4, 0.5) is 33.2 Å². The van der Waals surface area contributed by atoms with E-state index < -0.39 is 67.7 Å². The van der Waals surface area contributed by atoms with E-state index in [0.717, 1.165) is 12.1 Å². The Hall–Kier alpha value is -6.14. The molecule has 18 nitrogen and oxygen atoms in total. The summed E-state index contributed by atoms with van der Waals surface area (Å²) in [5.74, 6) is -4.11. The van der Waals surface area contributed by atoms with Crippen LogP contribution in [0.3, 0.4) is 0 Å². The fraction of sp³-hybridized carbons (Fsp3) is 0.424. The zero-order chi connectivity index (χ0) is 39.1. The van der Waals surface area contributed by atoms with Crippen molar-refractivity contribution in [2.75, 3.05) is 22.9 Å². The summed E-state index contributed by atoms with van der Waals surface area (Å²) in [6, 6.07) is 6.39. The van der Waals surface area contributed by atoms with Gasteiger partial charge in [-0.05, 0) is 78.1 Å². The Balaban J connectivity index is 1.92. The molecule has 0 bridgehead atoms. The Morgan fingerprint density at radius 1 is 0.981 bits per heavy atom. The van der Waals surface area contributed by atoms with E-state index in [-0.39, 0.29) is 60.9 Å². The van der Waals surface area contributed by atoms with Gasteiger partial charge in [0.2, 0.25) is 5.95 Å². The van der Waals surface area contributed by atoms with Crippen molar-refractivity contribution < 1.29 is 38.1 Å². The minimum absolute atomic E-state index is 0.0116. The number of nitrogens with one attached hydrogen (secondary N) is 2. The highest BCUT2D eigenvalue weighted by molar-refractivity contribution is 5.97. The van der Waals surface area contributed by atoms with Crippen LogP contribution in [0.15, 0.2) is 41.2 Å². The molecule has 1 aromatic heterocycles. The largest absolute Gasteiger partial charge is 0.460 e. The summed E-state index contributed by atoms with van der Waals surface area (Å²) in [6.07, 6.45) is -0.445. The number of carbonyl (C=O) groups excluding carboxylic acids is 3. The van der Waals surface area contributed by atoms with E-state index in [1.165, 1.54) is 29.2 Å². The SMILES string of the molecule is CC(C)(C)OC(=O)CC[C@H](NC(=O)c1ccc(CN(CCc2c(N)nc(N)[nH]c2=O)c2ccc([N+](=O)[O-])c(F)c2[N+](=O)[O-])cc1)C(=O)OC(C)(C)C. The number of amides is 1. The summed E-state index contributed by atoms with van der Waals surface area (Å²) < 4.78 is 25.9. The number of rotatable bonds is 14. The molecule has 0 aliphatic carbocycles. The predicted octanol–water partition coefficient (Wildman–Crippen LogP) is 3.70. The minimum atomic E-state index is -1.66. The number of benzene rings is 2. The van der Waals surface area contributed by atoms with Gasteiger partial charge in [-0.25, -0.2) is 4.79 Å². The number of anilines is 3. The third kappa shape index (κ3) is 11.2. The molecular weight excluding hydrogens is 687 g/mol. The molecule has 0 radical (unpaired) electrons. The van der Waals surface area contributed by atoms with E-state index in [1.54, 1.807) is 41.5 Å². The molecule has 0 saturated carbocycles. The smallest absolute Gasteiger partial charge is 0.335 e. The van der Waals surface area contributed by atoms with Crippen LogP contribution in [0, 0.1) is 26.0 Å². The summed E-state index contributed by atoms with van der Waals surface area (Å²) in [7, 11) is 0. The molecule has 52 heavy (non-hydrogen) atoms. The molecule has 0 unspecified atom stereocenters. The third-order valence-electron chi connectivity index (χ3n) is 7.14. The first kappa shape index (κ1) is 40.3. The average molecular weight is 729 g/mol. The standard InChI is InChI=1S/C33H41FN8O10/c1-32(2,3)51-24(43)14-11-21(30(46)52-33(4,5)6)37-28(44)19-9-7-18(8-10-19)17-40(16-15-20-27(35)38-31(36)39-29(20)45)23-13-12-22(41(47)48)25(34)26(23)42(49)50/h7-10,12-13,21H,11,14-17H2,1-6H3,(H,37,44)(H5,35,36,38,39,45)/t21-/m0/s1.